The summed E-state index contributed by atoms with van der Waals surface area (Å²) in [5.41, 5.74) is 2.88. The van der Waals surface area contributed by atoms with E-state index in [1.807, 2.05) is 19.1 Å². The van der Waals surface area contributed by atoms with Crippen molar-refractivity contribution in [2.75, 3.05) is 5.32 Å². The molecule has 0 bridgehead atoms. The van der Waals surface area contributed by atoms with E-state index in [-0.39, 0.29) is 17.8 Å². The molecular formula is C21H25NO3. The lowest BCUT2D eigenvalue weighted by atomic mass is 9.97. The van der Waals surface area contributed by atoms with Crippen LogP contribution in [0.4, 0.5) is 5.69 Å². The highest BCUT2D eigenvalue weighted by molar-refractivity contribution is 5.88. The Morgan fingerprint density at radius 3 is 2.08 bits per heavy atom. The number of hydrogen-bond acceptors (Lipinski definition) is 3. The van der Waals surface area contributed by atoms with Gasteiger partial charge in [0.05, 0.1) is 5.92 Å². The van der Waals surface area contributed by atoms with Crippen molar-refractivity contribution in [3.8, 4) is 5.75 Å². The van der Waals surface area contributed by atoms with E-state index < -0.39 is 0 Å². The SMILES string of the molecule is CC(=O)Nc1ccc(OC(=O)[C@@H](C)c2ccc(CC(C)C)cc2)cc1. The van der Waals surface area contributed by atoms with Crippen molar-refractivity contribution in [3.63, 3.8) is 0 Å². The lowest BCUT2D eigenvalue weighted by Gasteiger charge is -2.13. The standard InChI is InChI=1S/C21H25NO3/c1-14(2)13-17-5-7-18(8-6-17)15(3)21(24)25-20-11-9-19(10-12-20)22-16(4)23/h5-12,14-15H,13H2,1-4H3,(H,22,23)/t15-/m0/s1. The highest BCUT2D eigenvalue weighted by Gasteiger charge is 2.17. The predicted octanol–water partition coefficient (Wildman–Crippen LogP) is 4.55. The normalized spacial score (nSPS) is 11.9. The summed E-state index contributed by atoms with van der Waals surface area (Å²) >= 11 is 0. The van der Waals surface area contributed by atoms with Crippen molar-refractivity contribution in [1.82, 2.24) is 0 Å². The first-order valence-corrected chi connectivity index (χ1v) is 8.53. The number of carbonyl (C=O) groups excluding carboxylic acids is 2. The third-order valence-electron chi connectivity index (χ3n) is 3.87. The molecule has 0 saturated carbocycles. The quantitative estimate of drug-likeness (QED) is 0.620. The van der Waals surface area contributed by atoms with Crippen LogP contribution in [0.15, 0.2) is 48.5 Å². The molecule has 132 valence electrons. The van der Waals surface area contributed by atoms with E-state index in [1.165, 1.54) is 12.5 Å². The van der Waals surface area contributed by atoms with Crippen LogP contribution < -0.4 is 10.1 Å². The summed E-state index contributed by atoms with van der Waals surface area (Å²) in [5, 5.41) is 2.67. The third-order valence-corrected chi connectivity index (χ3v) is 3.87. The summed E-state index contributed by atoms with van der Waals surface area (Å²) < 4.78 is 5.43. The molecule has 0 saturated heterocycles. The zero-order valence-electron chi connectivity index (χ0n) is 15.2. The molecule has 2 rings (SSSR count). The van der Waals surface area contributed by atoms with Gasteiger partial charge in [-0.25, -0.2) is 0 Å². The number of benzene rings is 2. The van der Waals surface area contributed by atoms with Gasteiger partial charge in [-0.15, -0.1) is 0 Å². The molecule has 0 spiro atoms. The molecule has 0 aliphatic rings. The maximum absolute atomic E-state index is 12.3. The van der Waals surface area contributed by atoms with Crippen molar-refractivity contribution >= 4 is 17.6 Å². The van der Waals surface area contributed by atoms with Crippen LogP contribution in [-0.2, 0) is 16.0 Å². The molecule has 4 heteroatoms. The molecule has 0 aromatic heterocycles. The zero-order valence-corrected chi connectivity index (χ0v) is 15.2. The molecule has 0 radical (unpaired) electrons. The van der Waals surface area contributed by atoms with Gasteiger partial charge in [0.2, 0.25) is 5.91 Å². The Morgan fingerprint density at radius 2 is 1.56 bits per heavy atom. The fourth-order valence-electron chi connectivity index (χ4n) is 2.56. The highest BCUT2D eigenvalue weighted by atomic mass is 16.5. The molecule has 0 aliphatic carbocycles. The largest absolute Gasteiger partial charge is 0.426 e. The molecule has 1 amide bonds. The summed E-state index contributed by atoms with van der Waals surface area (Å²) in [6.07, 6.45) is 1.03. The zero-order chi connectivity index (χ0) is 18.4. The van der Waals surface area contributed by atoms with E-state index in [1.54, 1.807) is 24.3 Å². The lowest BCUT2D eigenvalue weighted by Crippen LogP contribution is -2.16. The van der Waals surface area contributed by atoms with Crippen molar-refractivity contribution < 1.29 is 14.3 Å². The lowest BCUT2D eigenvalue weighted by molar-refractivity contribution is -0.135. The second kappa shape index (κ2) is 8.47. The average Bonchev–Trinajstić information content (AvgIpc) is 2.55. The average molecular weight is 339 g/mol. The second-order valence-corrected chi connectivity index (χ2v) is 6.69. The van der Waals surface area contributed by atoms with Crippen molar-refractivity contribution in [3.05, 3.63) is 59.7 Å². The van der Waals surface area contributed by atoms with Gasteiger partial charge in [0.1, 0.15) is 5.75 Å². The number of rotatable bonds is 6. The minimum atomic E-state index is -0.344. The van der Waals surface area contributed by atoms with Crippen LogP contribution in [0.1, 0.15) is 44.7 Å². The van der Waals surface area contributed by atoms with Gasteiger partial charge in [0, 0.05) is 12.6 Å². The Hall–Kier alpha value is -2.62. The second-order valence-electron chi connectivity index (χ2n) is 6.69. The van der Waals surface area contributed by atoms with Crippen LogP contribution in [0.5, 0.6) is 5.75 Å². The Morgan fingerprint density at radius 1 is 0.960 bits per heavy atom. The number of amides is 1. The molecule has 0 heterocycles. The Bertz CT molecular complexity index is 718. The van der Waals surface area contributed by atoms with Gasteiger partial charge >= 0.3 is 5.97 Å². The van der Waals surface area contributed by atoms with Gasteiger partial charge in [0.25, 0.3) is 0 Å². The number of hydrogen-bond donors (Lipinski definition) is 1. The smallest absolute Gasteiger partial charge is 0.318 e. The minimum Gasteiger partial charge on any atom is -0.426 e. The van der Waals surface area contributed by atoms with Crippen LogP contribution in [0.2, 0.25) is 0 Å². The molecule has 0 fully saturated rings. The van der Waals surface area contributed by atoms with Gasteiger partial charge in [0.15, 0.2) is 0 Å². The van der Waals surface area contributed by atoms with Gasteiger partial charge in [-0.05, 0) is 54.7 Å². The van der Waals surface area contributed by atoms with E-state index in [9.17, 15) is 9.59 Å². The first kappa shape index (κ1) is 18.7. The summed E-state index contributed by atoms with van der Waals surface area (Å²) in [7, 11) is 0. The molecule has 2 aromatic carbocycles. The summed E-state index contributed by atoms with van der Waals surface area (Å²) in [5.74, 6) is 0.280. The molecule has 4 nitrogen and oxygen atoms in total. The van der Waals surface area contributed by atoms with Crippen LogP contribution >= 0.6 is 0 Å². The number of carbonyl (C=O) groups is 2. The van der Waals surface area contributed by atoms with Crippen LogP contribution in [0.3, 0.4) is 0 Å². The van der Waals surface area contributed by atoms with E-state index in [4.69, 9.17) is 4.74 Å². The Balaban J connectivity index is 1.98. The first-order chi connectivity index (χ1) is 11.8. The first-order valence-electron chi connectivity index (χ1n) is 8.53. The van der Waals surface area contributed by atoms with Gasteiger partial charge in [-0.3, -0.25) is 9.59 Å². The number of ether oxygens (including phenoxy) is 1. The fourth-order valence-corrected chi connectivity index (χ4v) is 2.56. The summed E-state index contributed by atoms with van der Waals surface area (Å²) in [4.78, 5) is 23.4. The number of anilines is 1. The summed E-state index contributed by atoms with van der Waals surface area (Å²) in [6, 6.07) is 14.9. The monoisotopic (exact) mass is 339 g/mol. The molecule has 25 heavy (non-hydrogen) atoms. The molecule has 0 unspecified atom stereocenters. The minimum absolute atomic E-state index is 0.140. The predicted molar refractivity (Wildman–Crippen MR) is 99.8 cm³/mol. The number of nitrogens with one attached hydrogen (secondary N) is 1. The van der Waals surface area contributed by atoms with Gasteiger partial charge in [-0.2, -0.15) is 0 Å². The van der Waals surface area contributed by atoms with E-state index in [2.05, 4.69) is 31.3 Å². The Kier molecular flexibility index (Phi) is 6.34. The molecule has 0 aliphatic heterocycles. The van der Waals surface area contributed by atoms with Crippen LogP contribution in [-0.4, -0.2) is 11.9 Å². The topological polar surface area (TPSA) is 55.4 Å². The van der Waals surface area contributed by atoms with Crippen LogP contribution in [0, 0.1) is 5.92 Å². The molecular weight excluding hydrogens is 314 g/mol. The van der Waals surface area contributed by atoms with Gasteiger partial charge in [-0.1, -0.05) is 38.1 Å². The van der Waals surface area contributed by atoms with Gasteiger partial charge < -0.3 is 10.1 Å². The molecule has 2 aromatic rings. The summed E-state index contributed by atoms with van der Waals surface area (Å²) in [6.45, 7) is 7.66. The van der Waals surface area contributed by atoms with Crippen molar-refractivity contribution in [2.24, 2.45) is 5.92 Å². The van der Waals surface area contributed by atoms with E-state index in [0.29, 0.717) is 17.4 Å². The maximum Gasteiger partial charge on any atom is 0.318 e. The maximum atomic E-state index is 12.3. The van der Waals surface area contributed by atoms with E-state index in [0.717, 1.165) is 12.0 Å². The number of esters is 1. The van der Waals surface area contributed by atoms with Crippen molar-refractivity contribution in [2.45, 2.75) is 40.0 Å². The Labute approximate surface area is 149 Å². The molecule has 1 N–H and O–H groups in total. The fraction of sp³-hybridized carbons (Fsp3) is 0.333. The molecule has 1 atom stereocenters. The van der Waals surface area contributed by atoms with Crippen LogP contribution in [0.25, 0.3) is 0 Å². The highest BCUT2D eigenvalue weighted by Crippen LogP contribution is 2.22. The third kappa shape index (κ3) is 5.75. The van der Waals surface area contributed by atoms with Crippen molar-refractivity contribution in [1.29, 1.82) is 0 Å². The van der Waals surface area contributed by atoms with E-state index >= 15 is 0 Å².